The highest BCUT2D eigenvalue weighted by Gasteiger charge is 2.40. The number of hydrogen-bond donors (Lipinski definition) is 0. The number of ether oxygens (including phenoxy) is 2. The molecule has 2 heterocycles. The summed E-state index contributed by atoms with van der Waals surface area (Å²) in [5.74, 6) is 2.37. The number of unbranched alkanes of at least 4 members (excludes halogenated alkanes) is 8. The van der Waals surface area contributed by atoms with E-state index in [2.05, 4.69) is 20.8 Å². The zero-order chi connectivity index (χ0) is 17.2. The normalized spacial score (nSPS) is 31.6. The second kappa shape index (κ2) is 11.5. The first-order chi connectivity index (χ1) is 11.7. The molecule has 2 saturated heterocycles. The van der Waals surface area contributed by atoms with Crippen LogP contribution in [0.3, 0.4) is 0 Å². The van der Waals surface area contributed by atoms with Gasteiger partial charge in [0.15, 0.2) is 0 Å². The van der Waals surface area contributed by atoms with Crippen molar-refractivity contribution >= 4 is 0 Å². The molecule has 2 heteroatoms. The predicted molar refractivity (Wildman–Crippen MR) is 102 cm³/mol. The van der Waals surface area contributed by atoms with Gasteiger partial charge in [-0.25, -0.2) is 0 Å². The molecule has 2 aliphatic rings. The van der Waals surface area contributed by atoms with Gasteiger partial charge >= 0.3 is 0 Å². The fourth-order valence-corrected chi connectivity index (χ4v) is 5.06. The van der Waals surface area contributed by atoms with Gasteiger partial charge < -0.3 is 9.47 Å². The molecule has 0 radical (unpaired) electrons. The third-order valence-electron chi connectivity index (χ3n) is 6.61. The molecule has 0 aromatic heterocycles. The van der Waals surface area contributed by atoms with Gasteiger partial charge in [-0.15, -0.1) is 0 Å². The van der Waals surface area contributed by atoms with Gasteiger partial charge in [-0.05, 0) is 50.9 Å². The Bertz CT molecular complexity index is 297. The third-order valence-corrected chi connectivity index (χ3v) is 6.61. The van der Waals surface area contributed by atoms with E-state index in [1.54, 1.807) is 0 Å². The summed E-state index contributed by atoms with van der Waals surface area (Å²) in [5, 5.41) is 0. The second-order valence-electron chi connectivity index (χ2n) is 8.34. The molecule has 0 spiro atoms. The molecule has 2 nitrogen and oxygen atoms in total. The molecule has 142 valence electrons. The molecule has 2 aliphatic heterocycles. The van der Waals surface area contributed by atoms with Crippen LogP contribution in [-0.4, -0.2) is 25.4 Å². The summed E-state index contributed by atoms with van der Waals surface area (Å²) < 4.78 is 11.8. The zero-order valence-electron chi connectivity index (χ0n) is 16.6. The van der Waals surface area contributed by atoms with Crippen LogP contribution in [0.5, 0.6) is 0 Å². The summed E-state index contributed by atoms with van der Waals surface area (Å²) in [6, 6.07) is 0. The van der Waals surface area contributed by atoms with Crippen LogP contribution in [0.25, 0.3) is 0 Å². The first kappa shape index (κ1) is 20.2. The highest BCUT2D eigenvalue weighted by atomic mass is 16.5. The van der Waals surface area contributed by atoms with Gasteiger partial charge in [-0.3, -0.25) is 0 Å². The highest BCUT2D eigenvalue weighted by molar-refractivity contribution is 4.88. The quantitative estimate of drug-likeness (QED) is 0.385. The monoisotopic (exact) mass is 338 g/mol. The van der Waals surface area contributed by atoms with Crippen LogP contribution < -0.4 is 0 Å². The Hall–Kier alpha value is -0.0800. The Morgan fingerprint density at radius 3 is 1.58 bits per heavy atom. The van der Waals surface area contributed by atoms with Crippen molar-refractivity contribution in [1.29, 1.82) is 0 Å². The van der Waals surface area contributed by atoms with Gasteiger partial charge in [0, 0.05) is 13.2 Å². The first-order valence-electron chi connectivity index (χ1n) is 11.0. The van der Waals surface area contributed by atoms with E-state index in [4.69, 9.17) is 9.47 Å². The molecule has 0 aliphatic carbocycles. The molecule has 4 atom stereocenters. The van der Waals surface area contributed by atoms with Crippen LogP contribution in [0.15, 0.2) is 0 Å². The van der Waals surface area contributed by atoms with Crippen LogP contribution >= 0.6 is 0 Å². The summed E-state index contributed by atoms with van der Waals surface area (Å²) in [4.78, 5) is 0. The van der Waals surface area contributed by atoms with Gasteiger partial charge in [-0.2, -0.15) is 0 Å². The van der Waals surface area contributed by atoms with Crippen molar-refractivity contribution in [1.82, 2.24) is 0 Å². The van der Waals surface area contributed by atoms with Crippen LogP contribution in [-0.2, 0) is 9.47 Å². The predicted octanol–water partition coefficient (Wildman–Crippen LogP) is 6.37. The average molecular weight is 339 g/mol. The van der Waals surface area contributed by atoms with Crippen molar-refractivity contribution in [2.45, 2.75) is 110 Å². The Morgan fingerprint density at radius 1 is 0.708 bits per heavy atom. The maximum Gasteiger partial charge on any atom is 0.0578 e. The smallest absolute Gasteiger partial charge is 0.0578 e. The maximum atomic E-state index is 5.89. The van der Waals surface area contributed by atoms with Crippen molar-refractivity contribution in [3.05, 3.63) is 0 Å². The van der Waals surface area contributed by atoms with Gasteiger partial charge in [-0.1, -0.05) is 64.7 Å². The van der Waals surface area contributed by atoms with Crippen LogP contribution in [0.4, 0.5) is 0 Å². The van der Waals surface area contributed by atoms with Crippen molar-refractivity contribution in [3.8, 4) is 0 Å². The van der Waals surface area contributed by atoms with Gasteiger partial charge in [0.05, 0.1) is 12.2 Å². The lowest BCUT2D eigenvalue weighted by molar-refractivity contribution is 0.0447. The summed E-state index contributed by atoms with van der Waals surface area (Å²) in [7, 11) is 0. The molecule has 0 saturated carbocycles. The van der Waals surface area contributed by atoms with E-state index in [1.165, 1.54) is 77.0 Å². The molecule has 2 rings (SSSR count). The van der Waals surface area contributed by atoms with E-state index >= 15 is 0 Å². The first-order valence-corrected chi connectivity index (χ1v) is 11.0. The molecule has 2 fully saturated rings. The SMILES string of the molecule is CCCCCCCCCCCC(C1CCOC1C)C1CCOC1C. The molecule has 4 unspecified atom stereocenters. The van der Waals surface area contributed by atoms with Crippen molar-refractivity contribution in [2.24, 2.45) is 17.8 Å². The largest absolute Gasteiger partial charge is 0.378 e. The molecule has 24 heavy (non-hydrogen) atoms. The molecular formula is C22H42O2. The van der Waals surface area contributed by atoms with Gasteiger partial charge in [0.25, 0.3) is 0 Å². The number of rotatable bonds is 12. The van der Waals surface area contributed by atoms with E-state index in [1.807, 2.05) is 0 Å². The van der Waals surface area contributed by atoms with E-state index in [0.717, 1.165) is 31.0 Å². The molecule has 0 aromatic carbocycles. The molecular weight excluding hydrogens is 296 g/mol. The van der Waals surface area contributed by atoms with E-state index in [-0.39, 0.29) is 0 Å². The van der Waals surface area contributed by atoms with Gasteiger partial charge in [0.2, 0.25) is 0 Å². The Morgan fingerprint density at radius 2 is 1.17 bits per heavy atom. The Balaban J connectivity index is 1.65. The highest BCUT2D eigenvalue weighted by Crippen LogP contribution is 2.41. The van der Waals surface area contributed by atoms with Crippen LogP contribution in [0.2, 0.25) is 0 Å². The summed E-state index contributed by atoms with van der Waals surface area (Å²) >= 11 is 0. The Labute approximate surface area is 151 Å². The number of hydrogen-bond acceptors (Lipinski definition) is 2. The summed E-state index contributed by atoms with van der Waals surface area (Å²) in [6.45, 7) is 8.83. The molecule has 0 N–H and O–H groups in total. The molecule has 0 amide bonds. The lowest BCUT2D eigenvalue weighted by Crippen LogP contribution is -2.31. The lowest BCUT2D eigenvalue weighted by Gasteiger charge is -2.32. The summed E-state index contributed by atoms with van der Waals surface area (Å²) in [6.07, 6.45) is 17.7. The van der Waals surface area contributed by atoms with Crippen LogP contribution in [0, 0.1) is 17.8 Å². The van der Waals surface area contributed by atoms with E-state index in [0.29, 0.717) is 12.2 Å². The average Bonchev–Trinajstić information content (AvgIpc) is 3.18. The van der Waals surface area contributed by atoms with Crippen molar-refractivity contribution in [2.75, 3.05) is 13.2 Å². The molecule has 0 bridgehead atoms. The topological polar surface area (TPSA) is 18.5 Å². The maximum absolute atomic E-state index is 5.89. The van der Waals surface area contributed by atoms with Crippen molar-refractivity contribution in [3.63, 3.8) is 0 Å². The second-order valence-corrected chi connectivity index (χ2v) is 8.34. The minimum atomic E-state index is 0.460. The zero-order valence-corrected chi connectivity index (χ0v) is 16.6. The Kier molecular flexibility index (Phi) is 9.71. The molecule has 0 aromatic rings. The standard InChI is InChI=1S/C22H42O2/c1-4-5-6-7-8-9-10-11-12-13-22(20-14-16-23-18(20)2)21-15-17-24-19(21)3/h18-22H,4-17H2,1-3H3. The van der Waals surface area contributed by atoms with Gasteiger partial charge in [0.1, 0.15) is 0 Å². The minimum Gasteiger partial charge on any atom is -0.378 e. The summed E-state index contributed by atoms with van der Waals surface area (Å²) in [5.41, 5.74) is 0. The third kappa shape index (κ3) is 6.33. The fraction of sp³-hybridized carbons (Fsp3) is 1.00. The minimum absolute atomic E-state index is 0.460. The van der Waals surface area contributed by atoms with Crippen LogP contribution in [0.1, 0.15) is 97.8 Å². The fourth-order valence-electron chi connectivity index (χ4n) is 5.06. The van der Waals surface area contributed by atoms with E-state index < -0.39 is 0 Å². The lowest BCUT2D eigenvalue weighted by atomic mass is 9.73. The van der Waals surface area contributed by atoms with Crippen molar-refractivity contribution < 1.29 is 9.47 Å². The van der Waals surface area contributed by atoms with E-state index in [9.17, 15) is 0 Å².